The van der Waals surface area contributed by atoms with Gasteiger partial charge in [-0.3, -0.25) is 9.59 Å². The number of aryl methyl sites for hydroxylation is 1. The van der Waals surface area contributed by atoms with Crippen molar-refractivity contribution in [3.05, 3.63) is 70.3 Å². The highest BCUT2D eigenvalue weighted by atomic mass is 35.5. The number of carbonyl (C=O) groups is 2. The van der Waals surface area contributed by atoms with Crippen LogP contribution in [-0.2, 0) is 29.6 Å². The first-order valence-corrected chi connectivity index (χ1v) is 14.1. The van der Waals surface area contributed by atoms with E-state index in [4.69, 9.17) is 16.3 Å². The number of aromatic nitrogens is 4. The van der Waals surface area contributed by atoms with Crippen LogP contribution in [0.4, 0.5) is 5.13 Å². The minimum Gasteiger partial charge on any atom is -0.481 e. The highest BCUT2D eigenvalue weighted by molar-refractivity contribution is 7.99. The average molecular weight is 571 g/mol. The molecule has 9 nitrogen and oxygen atoms in total. The molecule has 2 amide bonds. The normalized spacial score (nSPS) is 11.7. The lowest BCUT2D eigenvalue weighted by Gasteiger charge is -2.15. The summed E-state index contributed by atoms with van der Waals surface area (Å²) >= 11 is 8.54. The molecule has 198 valence electrons. The first-order chi connectivity index (χ1) is 18.3. The predicted molar refractivity (Wildman–Crippen MR) is 151 cm³/mol. The molecule has 2 heterocycles. The minimum atomic E-state index is -0.667. The molecule has 0 aliphatic heterocycles. The van der Waals surface area contributed by atoms with Crippen LogP contribution in [0.25, 0.3) is 11.3 Å². The molecule has 38 heavy (non-hydrogen) atoms. The summed E-state index contributed by atoms with van der Waals surface area (Å²) in [5.74, 6) is 0.869. The van der Waals surface area contributed by atoms with Gasteiger partial charge in [0.15, 0.2) is 22.2 Å². The Morgan fingerprint density at radius 3 is 2.58 bits per heavy atom. The van der Waals surface area contributed by atoms with Gasteiger partial charge in [-0.15, -0.1) is 21.5 Å². The second-order valence-corrected chi connectivity index (χ2v) is 10.6. The van der Waals surface area contributed by atoms with Crippen molar-refractivity contribution in [3.8, 4) is 17.0 Å². The molecule has 2 aromatic carbocycles. The molecular formula is C26H27ClN6O3S2. The van der Waals surface area contributed by atoms with Crippen molar-refractivity contribution in [2.75, 3.05) is 11.1 Å². The monoisotopic (exact) mass is 570 g/mol. The molecule has 0 saturated heterocycles. The van der Waals surface area contributed by atoms with E-state index in [0.29, 0.717) is 26.9 Å². The Bertz CT molecular complexity index is 1390. The lowest BCUT2D eigenvalue weighted by Crippen LogP contribution is -2.36. The average Bonchev–Trinajstić information content (AvgIpc) is 3.53. The molecule has 0 fully saturated rings. The molecule has 1 unspecified atom stereocenters. The van der Waals surface area contributed by atoms with Crippen LogP contribution in [-0.4, -0.2) is 43.4 Å². The van der Waals surface area contributed by atoms with Crippen LogP contribution in [0.1, 0.15) is 25.2 Å². The predicted octanol–water partition coefficient (Wildman–Crippen LogP) is 4.97. The number of thioether (sulfide) groups is 1. The van der Waals surface area contributed by atoms with Gasteiger partial charge in [-0.25, -0.2) is 4.98 Å². The Hall–Kier alpha value is -3.41. The third kappa shape index (κ3) is 7.33. The Morgan fingerprint density at radius 2 is 1.87 bits per heavy atom. The van der Waals surface area contributed by atoms with Crippen LogP contribution in [0.3, 0.4) is 0 Å². The molecule has 4 rings (SSSR count). The standard InChI is InChI=1S/C26H27ClN6O3S2/c1-4-17-5-11-20(12-6-17)36-16(2)24(35)28-13-22-31-32-26(33(22)3)38-15-23(34)30-25-29-21(14-37-25)18-7-9-19(27)10-8-18/h5-12,14,16H,4,13,15H2,1-3H3,(H,28,35)(H,29,30,34). The van der Waals surface area contributed by atoms with E-state index in [2.05, 4.69) is 32.7 Å². The summed E-state index contributed by atoms with van der Waals surface area (Å²) in [6, 6.07) is 15.0. The first kappa shape index (κ1) is 27.6. The SMILES string of the molecule is CCc1ccc(OC(C)C(=O)NCc2nnc(SCC(=O)Nc3nc(-c4ccc(Cl)cc4)cs3)n2C)cc1. The Kier molecular flexibility index (Phi) is 9.38. The fraction of sp³-hybridized carbons (Fsp3) is 0.269. The van der Waals surface area contributed by atoms with Crippen molar-refractivity contribution in [1.82, 2.24) is 25.1 Å². The fourth-order valence-electron chi connectivity index (χ4n) is 3.37. The first-order valence-electron chi connectivity index (χ1n) is 11.9. The zero-order valence-corrected chi connectivity index (χ0v) is 23.5. The molecule has 0 aliphatic carbocycles. The van der Waals surface area contributed by atoms with Gasteiger partial charge < -0.3 is 19.9 Å². The Balaban J connectivity index is 1.23. The highest BCUT2D eigenvalue weighted by Gasteiger charge is 2.17. The number of rotatable bonds is 11. The smallest absolute Gasteiger partial charge is 0.261 e. The zero-order chi connectivity index (χ0) is 27.1. The van der Waals surface area contributed by atoms with Gasteiger partial charge in [0, 0.05) is 23.0 Å². The zero-order valence-electron chi connectivity index (χ0n) is 21.1. The Labute approximate surface area is 234 Å². The maximum atomic E-state index is 12.5. The van der Waals surface area contributed by atoms with Crippen LogP contribution in [0.15, 0.2) is 59.1 Å². The number of hydrogen-bond donors (Lipinski definition) is 2. The summed E-state index contributed by atoms with van der Waals surface area (Å²) in [6.45, 7) is 3.96. The number of carbonyl (C=O) groups excluding carboxylic acids is 2. The molecule has 12 heteroatoms. The summed E-state index contributed by atoms with van der Waals surface area (Å²) < 4.78 is 7.48. The second-order valence-electron chi connectivity index (χ2n) is 8.31. The van der Waals surface area contributed by atoms with Gasteiger partial charge in [0.1, 0.15) is 5.75 Å². The molecule has 0 bridgehead atoms. The van der Waals surface area contributed by atoms with E-state index in [0.717, 1.165) is 17.7 Å². The van der Waals surface area contributed by atoms with E-state index >= 15 is 0 Å². The fourth-order valence-corrected chi connectivity index (χ4v) is 4.96. The quantitative estimate of drug-likeness (QED) is 0.245. The molecule has 1 atom stereocenters. The number of amides is 2. The van der Waals surface area contributed by atoms with Gasteiger partial charge in [0.05, 0.1) is 18.0 Å². The van der Waals surface area contributed by atoms with E-state index in [1.807, 2.05) is 41.8 Å². The Morgan fingerprint density at radius 1 is 1.13 bits per heavy atom. The molecule has 2 N–H and O–H groups in total. The number of halogens is 1. The van der Waals surface area contributed by atoms with Gasteiger partial charge in [-0.05, 0) is 43.2 Å². The van der Waals surface area contributed by atoms with E-state index in [9.17, 15) is 9.59 Å². The molecule has 0 spiro atoms. The molecule has 0 aliphatic rings. The molecule has 4 aromatic rings. The number of ether oxygens (including phenoxy) is 1. The van der Waals surface area contributed by atoms with Crippen LogP contribution in [0.2, 0.25) is 5.02 Å². The molecular weight excluding hydrogens is 544 g/mol. The molecule has 0 radical (unpaired) electrons. The van der Waals surface area contributed by atoms with Gasteiger partial charge >= 0.3 is 0 Å². The largest absolute Gasteiger partial charge is 0.481 e. The number of nitrogens with one attached hydrogen (secondary N) is 2. The number of benzene rings is 2. The number of thiazole rings is 1. The number of hydrogen-bond acceptors (Lipinski definition) is 8. The summed E-state index contributed by atoms with van der Waals surface area (Å²) in [7, 11) is 1.79. The van der Waals surface area contributed by atoms with Crippen LogP contribution >= 0.6 is 34.7 Å². The van der Waals surface area contributed by atoms with Crippen LogP contribution in [0, 0.1) is 0 Å². The summed E-state index contributed by atoms with van der Waals surface area (Å²) in [5, 5.41) is 17.5. The minimum absolute atomic E-state index is 0.135. The second kappa shape index (κ2) is 12.9. The van der Waals surface area contributed by atoms with Crippen molar-refractivity contribution >= 4 is 51.6 Å². The highest BCUT2D eigenvalue weighted by Crippen LogP contribution is 2.26. The summed E-state index contributed by atoms with van der Waals surface area (Å²) in [6.07, 6.45) is 0.274. The maximum Gasteiger partial charge on any atom is 0.261 e. The molecule has 0 saturated carbocycles. The van der Waals surface area contributed by atoms with Gasteiger partial charge in [0.2, 0.25) is 5.91 Å². The van der Waals surface area contributed by atoms with E-state index < -0.39 is 6.10 Å². The summed E-state index contributed by atoms with van der Waals surface area (Å²) in [4.78, 5) is 29.4. The van der Waals surface area contributed by atoms with Crippen molar-refractivity contribution in [2.24, 2.45) is 7.05 Å². The van der Waals surface area contributed by atoms with Crippen molar-refractivity contribution in [1.29, 1.82) is 0 Å². The van der Waals surface area contributed by atoms with Gasteiger partial charge in [-0.1, -0.05) is 54.6 Å². The topological polar surface area (TPSA) is 111 Å². The summed E-state index contributed by atoms with van der Waals surface area (Å²) in [5.41, 5.74) is 2.89. The van der Waals surface area contributed by atoms with E-state index in [1.54, 1.807) is 30.7 Å². The van der Waals surface area contributed by atoms with Crippen LogP contribution in [0.5, 0.6) is 5.75 Å². The van der Waals surface area contributed by atoms with Crippen LogP contribution < -0.4 is 15.4 Å². The third-order valence-electron chi connectivity index (χ3n) is 5.58. The number of nitrogens with zero attached hydrogens (tertiary/aromatic N) is 4. The molecule has 2 aromatic heterocycles. The lowest BCUT2D eigenvalue weighted by atomic mass is 10.2. The van der Waals surface area contributed by atoms with Gasteiger partial charge in [-0.2, -0.15) is 0 Å². The van der Waals surface area contributed by atoms with Crippen molar-refractivity contribution < 1.29 is 14.3 Å². The lowest BCUT2D eigenvalue weighted by molar-refractivity contribution is -0.127. The van der Waals surface area contributed by atoms with E-state index in [-0.39, 0.29) is 24.1 Å². The third-order valence-corrected chi connectivity index (χ3v) is 7.61. The maximum absolute atomic E-state index is 12.5. The van der Waals surface area contributed by atoms with Crippen molar-refractivity contribution in [2.45, 2.75) is 38.1 Å². The van der Waals surface area contributed by atoms with Crippen molar-refractivity contribution in [3.63, 3.8) is 0 Å². The van der Waals surface area contributed by atoms with Gasteiger partial charge in [0.25, 0.3) is 5.91 Å². The number of anilines is 1. The van der Waals surface area contributed by atoms with E-state index in [1.165, 1.54) is 28.7 Å².